The minimum absolute atomic E-state index is 0.146. The standard InChI is InChI=1S/C25H20FNO4S/c1-30-22-7-3-6-20(25(22)26)17-4-2-5-19-18(17)12-13-21(19)31-16-10-8-15(9-11-16)23-14-24(28)27-32(23)29/h2-11,14,21H,12-13H2,1H3,(H,27,28)/t21-,32?/m1/s1. The lowest BCUT2D eigenvalue weighted by Crippen LogP contribution is -2.16. The number of rotatable bonds is 5. The highest BCUT2D eigenvalue weighted by Gasteiger charge is 2.28. The van der Waals surface area contributed by atoms with Crippen LogP contribution in [-0.4, -0.2) is 17.2 Å². The number of hydrogen-bond donors (Lipinski definition) is 1. The molecule has 5 nitrogen and oxygen atoms in total. The molecule has 2 atom stereocenters. The van der Waals surface area contributed by atoms with Crippen LogP contribution in [0.2, 0.25) is 0 Å². The van der Waals surface area contributed by atoms with Crippen LogP contribution >= 0.6 is 0 Å². The molecule has 2 aliphatic rings. The molecule has 0 saturated heterocycles. The Bertz CT molecular complexity index is 1270. The predicted molar refractivity (Wildman–Crippen MR) is 121 cm³/mol. The van der Waals surface area contributed by atoms with Crippen molar-refractivity contribution in [2.45, 2.75) is 18.9 Å². The summed E-state index contributed by atoms with van der Waals surface area (Å²) in [5.41, 5.74) is 4.21. The van der Waals surface area contributed by atoms with Gasteiger partial charge in [0.05, 0.1) is 12.0 Å². The Morgan fingerprint density at radius 1 is 1.03 bits per heavy atom. The maximum absolute atomic E-state index is 14.9. The Morgan fingerprint density at radius 2 is 1.78 bits per heavy atom. The molecule has 0 fully saturated rings. The number of hydrogen-bond acceptors (Lipinski definition) is 4. The summed E-state index contributed by atoms with van der Waals surface area (Å²) in [6.07, 6.45) is 2.77. The molecule has 0 saturated carbocycles. The fraction of sp³-hybridized carbons (Fsp3) is 0.160. The van der Waals surface area contributed by atoms with E-state index in [0.29, 0.717) is 21.8 Å². The first kappa shape index (κ1) is 20.5. The highest BCUT2D eigenvalue weighted by Crippen LogP contribution is 2.41. The van der Waals surface area contributed by atoms with Gasteiger partial charge >= 0.3 is 0 Å². The van der Waals surface area contributed by atoms with E-state index in [1.54, 1.807) is 42.5 Å². The lowest BCUT2D eigenvalue weighted by atomic mass is 9.96. The van der Waals surface area contributed by atoms with Gasteiger partial charge < -0.3 is 9.47 Å². The predicted octanol–water partition coefficient (Wildman–Crippen LogP) is 4.70. The molecule has 0 bridgehead atoms. The van der Waals surface area contributed by atoms with Crippen LogP contribution in [0.15, 0.2) is 66.7 Å². The van der Waals surface area contributed by atoms with Crippen molar-refractivity contribution in [3.8, 4) is 22.6 Å². The van der Waals surface area contributed by atoms with E-state index in [9.17, 15) is 13.4 Å². The molecule has 3 aromatic rings. The van der Waals surface area contributed by atoms with Gasteiger partial charge in [0.25, 0.3) is 5.91 Å². The van der Waals surface area contributed by atoms with Gasteiger partial charge in [0.15, 0.2) is 22.6 Å². The molecule has 0 radical (unpaired) electrons. The molecule has 3 aromatic carbocycles. The van der Waals surface area contributed by atoms with Crippen molar-refractivity contribution in [2.75, 3.05) is 7.11 Å². The van der Waals surface area contributed by atoms with Crippen molar-refractivity contribution in [1.82, 2.24) is 4.72 Å². The van der Waals surface area contributed by atoms with Crippen molar-refractivity contribution < 1.29 is 22.9 Å². The Kier molecular flexibility index (Phi) is 5.27. The molecule has 1 aliphatic carbocycles. The molecule has 0 spiro atoms. The fourth-order valence-corrected chi connectivity index (χ4v) is 5.18. The highest BCUT2D eigenvalue weighted by atomic mass is 32.2. The molecule has 162 valence electrons. The van der Waals surface area contributed by atoms with Crippen LogP contribution in [0, 0.1) is 5.82 Å². The maximum atomic E-state index is 14.9. The SMILES string of the molecule is COc1cccc(-c2cccc3c2CC[C@H]3Oc2ccc(C3=CC(=O)NS3=O)cc2)c1F. The highest BCUT2D eigenvalue weighted by molar-refractivity contribution is 7.93. The summed E-state index contributed by atoms with van der Waals surface area (Å²) in [6, 6.07) is 18.2. The molecule has 1 aliphatic heterocycles. The zero-order valence-corrected chi connectivity index (χ0v) is 18.1. The van der Waals surface area contributed by atoms with E-state index in [-0.39, 0.29) is 23.6 Å². The number of carbonyl (C=O) groups is 1. The number of nitrogens with one attached hydrogen (secondary N) is 1. The summed E-state index contributed by atoms with van der Waals surface area (Å²) < 4.78 is 40.6. The third-order valence-electron chi connectivity index (χ3n) is 5.76. The molecule has 7 heteroatoms. The summed E-state index contributed by atoms with van der Waals surface area (Å²) in [7, 11) is -0.0659. The van der Waals surface area contributed by atoms with Crippen LogP contribution in [0.4, 0.5) is 4.39 Å². The Balaban J connectivity index is 1.40. The molecule has 1 amide bonds. The van der Waals surface area contributed by atoms with Crippen LogP contribution < -0.4 is 14.2 Å². The average Bonchev–Trinajstić information content (AvgIpc) is 3.37. The second-order valence-electron chi connectivity index (χ2n) is 7.61. The van der Waals surface area contributed by atoms with Crippen molar-refractivity contribution >= 4 is 21.8 Å². The number of fused-ring (bicyclic) bond motifs is 1. The number of amides is 1. The Morgan fingerprint density at radius 3 is 2.50 bits per heavy atom. The van der Waals surface area contributed by atoms with Gasteiger partial charge in [0.1, 0.15) is 11.9 Å². The second kappa shape index (κ2) is 8.24. The normalized spacial score (nSPS) is 19.3. The van der Waals surface area contributed by atoms with E-state index >= 15 is 0 Å². The number of ether oxygens (including phenoxy) is 2. The van der Waals surface area contributed by atoms with E-state index in [1.807, 2.05) is 18.2 Å². The summed E-state index contributed by atoms with van der Waals surface area (Å²) in [4.78, 5) is 11.9. The van der Waals surface area contributed by atoms with E-state index < -0.39 is 11.0 Å². The zero-order chi connectivity index (χ0) is 22.2. The quantitative estimate of drug-likeness (QED) is 0.613. The average molecular weight is 450 g/mol. The minimum atomic E-state index is -1.53. The van der Waals surface area contributed by atoms with Crippen LogP contribution in [0.3, 0.4) is 0 Å². The first-order valence-corrected chi connectivity index (χ1v) is 11.4. The topological polar surface area (TPSA) is 64.6 Å². The lowest BCUT2D eigenvalue weighted by molar-refractivity contribution is -0.114. The molecule has 0 aromatic heterocycles. The van der Waals surface area contributed by atoms with E-state index in [4.69, 9.17) is 9.47 Å². The molecule has 32 heavy (non-hydrogen) atoms. The van der Waals surface area contributed by atoms with Gasteiger partial charge in [-0.2, -0.15) is 0 Å². The number of halogens is 1. The molecule has 1 unspecified atom stereocenters. The van der Waals surface area contributed by atoms with E-state index in [0.717, 1.165) is 29.5 Å². The van der Waals surface area contributed by atoms with Crippen LogP contribution in [-0.2, 0) is 22.2 Å². The van der Waals surface area contributed by atoms with Gasteiger partial charge in [0.2, 0.25) is 0 Å². The smallest absolute Gasteiger partial charge is 0.257 e. The van der Waals surface area contributed by atoms with Crippen LogP contribution in [0.1, 0.15) is 29.2 Å². The van der Waals surface area contributed by atoms with Gasteiger partial charge in [-0.15, -0.1) is 0 Å². The molecule has 5 rings (SSSR count). The van der Waals surface area contributed by atoms with Crippen LogP contribution in [0.25, 0.3) is 16.0 Å². The summed E-state index contributed by atoms with van der Waals surface area (Å²) in [5, 5.41) is 0. The Hall–Kier alpha value is -3.45. The monoisotopic (exact) mass is 449 g/mol. The van der Waals surface area contributed by atoms with Crippen molar-refractivity contribution in [3.63, 3.8) is 0 Å². The lowest BCUT2D eigenvalue weighted by Gasteiger charge is -2.16. The zero-order valence-electron chi connectivity index (χ0n) is 17.3. The molecular weight excluding hydrogens is 429 g/mol. The van der Waals surface area contributed by atoms with Crippen LogP contribution in [0.5, 0.6) is 11.5 Å². The van der Waals surface area contributed by atoms with Gasteiger partial charge in [0, 0.05) is 11.6 Å². The first-order chi connectivity index (χ1) is 15.5. The summed E-state index contributed by atoms with van der Waals surface area (Å²) >= 11 is 0. The first-order valence-electron chi connectivity index (χ1n) is 10.2. The molecule has 1 N–H and O–H groups in total. The van der Waals surface area contributed by atoms with Crippen molar-refractivity contribution in [1.29, 1.82) is 0 Å². The summed E-state index contributed by atoms with van der Waals surface area (Å²) in [5.74, 6) is 0.175. The van der Waals surface area contributed by atoms with Gasteiger partial charge in [-0.1, -0.05) is 42.5 Å². The number of benzene rings is 3. The minimum Gasteiger partial charge on any atom is -0.494 e. The maximum Gasteiger partial charge on any atom is 0.257 e. The van der Waals surface area contributed by atoms with E-state index in [2.05, 4.69) is 4.72 Å². The van der Waals surface area contributed by atoms with E-state index in [1.165, 1.54) is 13.2 Å². The third-order valence-corrected chi connectivity index (χ3v) is 6.90. The third kappa shape index (κ3) is 3.58. The van der Waals surface area contributed by atoms with Crippen molar-refractivity contribution in [3.05, 3.63) is 89.2 Å². The summed E-state index contributed by atoms with van der Waals surface area (Å²) in [6.45, 7) is 0. The van der Waals surface area contributed by atoms with Crippen molar-refractivity contribution in [2.24, 2.45) is 0 Å². The number of carbonyl (C=O) groups excluding carboxylic acids is 1. The Labute approximate surface area is 187 Å². The van der Waals surface area contributed by atoms with Gasteiger partial charge in [-0.05, 0) is 53.3 Å². The van der Waals surface area contributed by atoms with Gasteiger partial charge in [-0.3, -0.25) is 9.52 Å². The number of methoxy groups -OCH3 is 1. The molecular formula is C25H20FNO4S. The van der Waals surface area contributed by atoms with Gasteiger partial charge in [-0.25, -0.2) is 8.60 Å². The molecule has 1 heterocycles. The largest absolute Gasteiger partial charge is 0.494 e. The fourth-order valence-electron chi connectivity index (χ4n) is 4.27. The second-order valence-corrected chi connectivity index (χ2v) is 8.79.